The van der Waals surface area contributed by atoms with Crippen LogP contribution in [-0.4, -0.2) is 13.7 Å². The molecular weight excluding hydrogens is 188 g/mol. The molecule has 2 nitrogen and oxygen atoms in total. The topological polar surface area (TPSA) is 35.2 Å². The van der Waals surface area contributed by atoms with Gasteiger partial charge < -0.3 is 10.5 Å². The van der Waals surface area contributed by atoms with Crippen LogP contribution in [0.4, 0.5) is 8.78 Å². The van der Waals surface area contributed by atoms with Gasteiger partial charge in [-0.3, -0.25) is 0 Å². The van der Waals surface area contributed by atoms with Gasteiger partial charge in [0.05, 0.1) is 7.11 Å². The van der Waals surface area contributed by atoms with Crippen molar-refractivity contribution in [3.8, 4) is 5.75 Å². The number of benzene rings is 1. The molecule has 0 unspecified atom stereocenters. The summed E-state index contributed by atoms with van der Waals surface area (Å²) in [5.41, 5.74) is 5.74. The number of ether oxygens (including phenoxy) is 1. The standard InChI is InChI=1S/C10H13F2NO/c1-14-10-5-7(3-2-4-13)8(11)6-9(10)12/h5-6H,2-4,13H2,1H3. The Morgan fingerprint density at radius 1 is 1.29 bits per heavy atom. The van der Waals surface area contributed by atoms with E-state index in [0.29, 0.717) is 24.9 Å². The van der Waals surface area contributed by atoms with Crippen LogP contribution in [0.1, 0.15) is 12.0 Å². The molecule has 0 saturated heterocycles. The fourth-order valence-electron chi connectivity index (χ4n) is 1.21. The van der Waals surface area contributed by atoms with Gasteiger partial charge in [0.1, 0.15) is 5.82 Å². The Hall–Kier alpha value is -1.16. The van der Waals surface area contributed by atoms with E-state index in [1.54, 1.807) is 0 Å². The van der Waals surface area contributed by atoms with Crippen molar-refractivity contribution in [2.45, 2.75) is 12.8 Å². The third kappa shape index (κ3) is 2.42. The van der Waals surface area contributed by atoms with Crippen molar-refractivity contribution in [1.29, 1.82) is 0 Å². The first-order chi connectivity index (χ1) is 6.69. The summed E-state index contributed by atoms with van der Waals surface area (Å²) in [6.45, 7) is 0.485. The minimum atomic E-state index is -0.679. The van der Waals surface area contributed by atoms with Crippen LogP contribution in [-0.2, 0) is 6.42 Å². The number of rotatable bonds is 4. The normalized spacial score (nSPS) is 10.3. The molecule has 1 aromatic rings. The number of aryl methyl sites for hydroxylation is 1. The third-order valence-corrected chi connectivity index (χ3v) is 1.97. The molecule has 2 N–H and O–H groups in total. The average molecular weight is 201 g/mol. The van der Waals surface area contributed by atoms with Gasteiger partial charge in [-0.15, -0.1) is 0 Å². The largest absolute Gasteiger partial charge is 0.494 e. The maximum absolute atomic E-state index is 13.2. The van der Waals surface area contributed by atoms with Gasteiger partial charge >= 0.3 is 0 Å². The molecule has 0 aliphatic heterocycles. The van der Waals surface area contributed by atoms with E-state index in [-0.39, 0.29) is 5.75 Å². The lowest BCUT2D eigenvalue weighted by atomic mass is 10.1. The van der Waals surface area contributed by atoms with Crippen molar-refractivity contribution in [2.75, 3.05) is 13.7 Å². The summed E-state index contributed by atoms with van der Waals surface area (Å²) < 4.78 is 30.9. The molecule has 0 heterocycles. The Labute approximate surface area is 81.7 Å². The average Bonchev–Trinajstić information content (AvgIpc) is 2.17. The zero-order valence-electron chi connectivity index (χ0n) is 8.02. The van der Waals surface area contributed by atoms with Crippen LogP contribution in [0.25, 0.3) is 0 Å². The number of methoxy groups -OCH3 is 1. The second-order valence-corrected chi connectivity index (χ2v) is 2.97. The molecule has 0 radical (unpaired) electrons. The van der Waals surface area contributed by atoms with E-state index in [4.69, 9.17) is 10.5 Å². The van der Waals surface area contributed by atoms with Crippen LogP contribution < -0.4 is 10.5 Å². The Balaban J connectivity index is 2.92. The van der Waals surface area contributed by atoms with E-state index in [1.807, 2.05) is 0 Å². The lowest BCUT2D eigenvalue weighted by molar-refractivity contribution is 0.383. The summed E-state index contributed by atoms with van der Waals surface area (Å²) in [6, 6.07) is 2.21. The SMILES string of the molecule is COc1cc(CCCN)c(F)cc1F. The highest BCUT2D eigenvalue weighted by Gasteiger charge is 2.09. The molecule has 1 aromatic carbocycles. The summed E-state index contributed by atoms with van der Waals surface area (Å²) in [5.74, 6) is -1.16. The lowest BCUT2D eigenvalue weighted by Gasteiger charge is -2.06. The van der Waals surface area contributed by atoms with Crippen molar-refractivity contribution in [3.63, 3.8) is 0 Å². The zero-order chi connectivity index (χ0) is 10.6. The molecule has 0 saturated carbocycles. The molecule has 0 amide bonds. The predicted octanol–water partition coefficient (Wildman–Crippen LogP) is 1.86. The molecule has 4 heteroatoms. The summed E-state index contributed by atoms with van der Waals surface area (Å²) in [7, 11) is 1.35. The van der Waals surface area contributed by atoms with E-state index < -0.39 is 11.6 Å². The minimum Gasteiger partial charge on any atom is -0.494 e. The molecule has 0 spiro atoms. The molecule has 0 aliphatic carbocycles. The van der Waals surface area contributed by atoms with Gasteiger partial charge in [0.15, 0.2) is 11.6 Å². The summed E-state index contributed by atoms with van der Waals surface area (Å²) in [5, 5.41) is 0. The van der Waals surface area contributed by atoms with Crippen molar-refractivity contribution < 1.29 is 13.5 Å². The summed E-state index contributed by atoms with van der Waals surface area (Å²) in [4.78, 5) is 0. The van der Waals surface area contributed by atoms with Crippen molar-refractivity contribution in [3.05, 3.63) is 29.3 Å². The van der Waals surface area contributed by atoms with Gasteiger partial charge in [-0.05, 0) is 31.0 Å². The second kappa shape index (κ2) is 4.91. The van der Waals surface area contributed by atoms with Gasteiger partial charge in [0.25, 0.3) is 0 Å². The van der Waals surface area contributed by atoms with Gasteiger partial charge in [-0.25, -0.2) is 8.78 Å². The molecule has 0 aromatic heterocycles. The molecule has 14 heavy (non-hydrogen) atoms. The summed E-state index contributed by atoms with van der Waals surface area (Å²) in [6.07, 6.45) is 1.17. The van der Waals surface area contributed by atoms with Gasteiger partial charge in [-0.1, -0.05) is 0 Å². The van der Waals surface area contributed by atoms with Crippen LogP contribution in [0.5, 0.6) is 5.75 Å². The van der Waals surface area contributed by atoms with Gasteiger partial charge in [-0.2, -0.15) is 0 Å². The quantitative estimate of drug-likeness (QED) is 0.807. The smallest absolute Gasteiger partial charge is 0.167 e. The molecule has 0 fully saturated rings. The molecule has 0 aliphatic rings. The van der Waals surface area contributed by atoms with E-state index >= 15 is 0 Å². The van der Waals surface area contributed by atoms with Crippen LogP contribution in [0.3, 0.4) is 0 Å². The van der Waals surface area contributed by atoms with Crippen molar-refractivity contribution in [2.24, 2.45) is 5.73 Å². The molecule has 1 rings (SSSR count). The molecule has 0 bridgehead atoms. The maximum atomic E-state index is 13.2. The number of halogens is 2. The fraction of sp³-hybridized carbons (Fsp3) is 0.400. The van der Waals surface area contributed by atoms with Gasteiger partial charge in [0, 0.05) is 6.07 Å². The first-order valence-corrected chi connectivity index (χ1v) is 4.41. The van der Waals surface area contributed by atoms with Crippen molar-refractivity contribution in [1.82, 2.24) is 0 Å². The highest BCUT2D eigenvalue weighted by atomic mass is 19.1. The van der Waals surface area contributed by atoms with Crippen LogP contribution in [0.15, 0.2) is 12.1 Å². The van der Waals surface area contributed by atoms with E-state index in [9.17, 15) is 8.78 Å². The van der Waals surface area contributed by atoms with Crippen LogP contribution in [0.2, 0.25) is 0 Å². The highest BCUT2D eigenvalue weighted by molar-refractivity contribution is 5.31. The first-order valence-electron chi connectivity index (χ1n) is 4.41. The number of hydrogen-bond acceptors (Lipinski definition) is 2. The minimum absolute atomic E-state index is 0.0680. The Kier molecular flexibility index (Phi) is 3.83. The zero-order valence-corrected chi connectivity index (χ0v) is 8.02. The Morgan fingerprint density at radius 2 is 2.00 bits per heavy atom. The molecule has 78 valence electrons. The van der Waals surface area contributed by atoms with Gasteiger partial charge in [0.2, 0.25) is 0 Å². The monoisotopic (exact) mass is 201 g/mol. The van der Waals surface area contributed by atoms with E-state index in [2.05, 4.69) is 0 Å². The first kappa shape index (κ1) is 10.9. The Bertz CT molecular complexity index is 315. The number of nitrogens with two attached hydrogens (primary N) is 1. The Morgan fingerprint density at radius 3 is 2.57 bits per heavy atom. The predicted molar refractivity (Wildman–Crippen MR) is 50.3 cm³/mol. The van der Waals surface area contributed by atoms with Crippen molar-refractivity contribution >= 4 is 0 Å². The van der Waals surface area contributed by atoms with E-state index in [1.165, 1.54) is 13.2 Å². The van der Waals surface area contributed by atoms with E-state index in [0.717, 1.165) is 6.07 Å². The van der Waals surface area contributed by atoms with Crippen LogP contribution >= 0.6 is 0 Å². The third-order valence-electron chi connectivity index (χ3n) is 1.97. The molecular formula is C10H13F2NO. The van der Waals surface area contributed by atoms with Crippen LogP contribution in [0, 0.1) is 11.6 Å². The fourth-order valence-corrected chi connectivity index (χ4v) is 1.21. The maximum Gasteiger partial charge on any atom is 0.167 e. The summed E-state index contributed by atoms with van der Waals surface area (Å²) >= 11 is 0. The highest BCUT2D eigenvalue weighted by Crippen LogP contribution is 2.22. The molecule has 0 atom stereocenters. The second-order valence-electron chi connectivity index (χ2n) is 2.97. The lowest BCUT2D eigenvalue weighted by Crippen LogP contribution is -2.02. The number of hydrogen-bond donors (Lipinski definition) is 1.